The van der Waals surface area contributed by atoms with Crippen LogP contribution in [0.4, 0.5) is 14.6 Å². The topological polar surface area (TPSA) is 47.0 Å². The third-order valence-corrected chi connectivity index (χ3v) is 2.00. The van der Waals surface area contributed by atoms with Gasteiger partial charge < -0.3 is 10.1 Å². The molecule has 0 saturated heterocycles. The third-order valence-electron chi connectivity index (χ3n) is 2.00. The summed E-state index contributed by atoms with van der Waals surface area (Å²) in [6, 6.07) is 3.04. The van der Waals surface area contributed by atoms with Gasteiger partial charge in [0.1, 0.15) is 5.82 Å². The summed E-state index contributed by atoms with van der Waals surface area (Å²) in [6.45, 7) is 0. The van der Waals surface area contributed by atoms with E-state index in [1.54, 1.807) is 7.05 Å². The molecule has 0 aliphatic rings. The molecule has 0 aliphatic carbocycles. The van der Waals surface area contributed by atoms with E-state index < -0.39 is 11.6 Å². The molecule has 0 aliphatic heterocycles. The Morgan fingerprint density at radius 3 is 2.65 bits per heavy atom. The molecule has 1 N–H and O–H groups in total. The summed E-state index contributed by atoms with van der Waals surface area (Å²) in [5.74, 6) is -1.07. The van der Waals surface area contributed by atoms with E-state index in [9.17, 15) is 8.78 Å². The van der Waals surface area contributed by atoms with Crippen molar-refractivity contribution in [2.75, 3.05) is 12.4 Å². The molecule has 0 atom stereocenters. The van der Waals surface area contributed by atoms with Gasteiger partial charge in [-0.05, 0) is 12.1 Å². The largest absolute Gasteiger partial charge is 0.433 e. The van der Waals surface area contributed by atoms with Gasteiger partial charge >= 0.3 is 0 Å². The van der Waals surface area contributed by atoms with Gasteiger partial charge in [0.05, 0.1) is 0 Å². The highest BCUT2D eigenvalue weighted by atomic mass is 19.1. The molecule has 6 heteroatoms. The Balaban J connectivity index is 2.31. The van der Waals surface area contributed by atoms with Gasteiger partial charge in [0.15, 0.2) is 17.4 Å². The molecule has 1 aromatic carbocycles. The molecule has 0 bridgehead atoms. The number of nitrogens with one attached hydrogen (secondary N) is 1. The average molecular weight is 237 g/mol. The van der Waals surface area contributed by atoms with Crippen LogP contribution in [0.1, 0.15) is 0 Å². The van der Waals surface area contributed by atoms with E-state index in [4.69, 9.17) is 4.74 Å². The second kappa shape index (κ2) is 4.73. The number of ether oxygens (including phenoxy) is 1. The lowest BCUT2D eigenvalue weighted by Gasteiger charge is -2.08. The number of rotatable bonds is 3. The molecule has 17 heavy (non-hydrogen) atoms. The van der Waals surface area contributed by atoms with Crippen molar-refractivity contribution >= 4 is 5.82 Å². The van der Waals surface area contributed by atoms with Gasteiger partial charge in [-0.25, -0.2) is 18.7 Å². The van der Waals surface area contributed by atoms with Crippen LogP contribution in [-0.2, 0) is 0 Å². The molecule has 0 radical (unpaired) electrons. The maximum atomic E-state index is 13.3. The summed E-state index contributed by atoms with van der Waals surface area (Å²) >= 11 is 0. The number of hydrogen-bond donors (Lipinski definition) is 1. The van der Waals surface area contributed by atoms with Crippen molar-refractivity contribution in [3.8, 4) is 11.6 Å². The van der Waals surface area contributed by atoms with E-state index in [1.165, 1.54) is 18.5 Å². The van der Waals surface area contributed by atoms with Crippen LogP contribution in [0.3, 0.4) is 0 Å². The summed E-state index contributed by atoms with van der Waals surface area (Å²) in [6.07, 6.45) is 2.89. The standard InChI is InChI=1S/C11H9F2N3O/c1-14-10-11(16-5-4-15-10)17-9-3-2-7(12)6-8(9)13/h2-6H,1H3,(H,14,15). The van der Waals surface area contributed by atoms with Crippen LogP contribution in [0, 0.1) is 11.6 Å². The van der Waals surface area contributed by atoms with Gasteiger partial charge in [-0.15, -0.1) is 0 Å². The Hall–Kier alpha value is -2.24. The second-order valence-electron chi connectivity index (χ2n) is 3.14. The fourth-order valence-corrected chi connectivity index (χ4v) is 1.23. The second-order valence-corrected chi connectivity index (χ2v) is 3.14. The van der Waals surface area contributed by atoms with Crippen molar-refractivity contribution in [2.45, 2.75) is 0 Å². The molecule has 0 unspecified atom stereocenters. The quantitative estimate of drug-likeness (QED) is 0.891. The summed E-state index contributed by atoms with van der Waals surface area (Å²) in [4.78, 5) is 7.85. The normalized spacial score (nSPS) is 10.1. The lowest BCUT2D eigenvalue weighted by atomic mass is 10.3. The fraction of sp³-hybridized carbons (Fsp3) is 0.0909. The van der Waals surface area contributed by atoms with Crippen LogP contribution in [0.2, 0.25) is 0 Å². The lowest BCUT2D eigenvalue weighted by Crippen LogP contribution is -1.99. The van der Waals surface area contributed by atoms with Gasteiger partial charge in [-0.3, -0.25) is 0 Å². The lowest BCUT2D eigenvalue weighted by molar-refractivity contribution is 0.424. The van der Waals surface area contributed by atoms with Crippen molar-refractivity contribution in [3.63, 3.8) is 0 Å². The molecule has 0 amide bonds. The number of aromatic nitrogens is 2. The van der Waals surface area contributed by atoms with Crippen molar-refractivity contribution in [1.82, 2.24) is 9.97 Å². The van der Waals surface area contributed by atoms with Gasteiger partial charge in [-0.1, -0.05) is 0 Å². The number of nitrogens with zero attached hydrogens (tertiary/aromatic N) is 2. The van der Waals surface area contributed by atoms with E-state index >= 15 is 0 Å². The SMILES string of the molecule is CNc1nccnc1Oc1ccc(F)cc1F. The van der Waals surface area contributed by atoms with Crippen molar-refractivity contribution in [3.05, 3.63) is 42.2 Å². The number of benzene rings is 1. The highest BCUT2D eigenvalue weighted by Crippen LogP contribution is 2.27. The van der Waals surface area contributed by atoms with Crippen LogP contribution in [0.5, 0.6) is 11.6 Å². The van der Waals surface area contributed by atoms with Gasteiger partial charge in [0.2, 0.25) is 0 Å². The summed E-state index contributed by atoms with van der Waals surface area (Å²) in [5, 5.41) is 2.75. The number of hydrogen-bond acceptors (Lipinski definition) is 4. The Morgan fingerprint density at radius 2 is 1.94 bits per heavy atom. The number of halogens is 2. The molecule has 2 rings (SSSR count). The van der Waals surface area contributed by atoms with E-state index in [0.717, 1.165) is 12.1 Å². The monoisotopic (exact) mass is 237 g/mol. The first kappa shape index (κ1) is 11.3. The smallest absolute Gasteiger partial charge is 0.263 e. The average Bonchev–Trinajstić information content (AvgIpc) is 2.33. The zero-order valence-corrected chi connectivity index (χ0v) is 8.95. The van der Waals surface area contributed by atoms with E-state index in [2.05, 4.69) is 15.3 Å². The van der Waals surface area contributed by atoms with Crippen LogP contribution < -0.4 is 10.1 Å². The summed E-state index contributed by atoms with van der Waals surface area (Å²) in [5.41, 5.74) is 0. The Labute approximate surface area is 96.3 Å². The summed E-state index contributed by atoms with van der Waals surface area (Å²) in [7, 11) is 1.64. The summed E-state index contributed by atoms with van der Waals surface area (Å²) < 4.78 is 31.2. The first-order valence-corrected chi connectivity index (χ1v) is 4.82. The van der Waals surface area contributed by atoms with Crippen LogP contribution >= 0.6 is 0 Å². The van der Waals surface area contributed by atoms with Crippen molar-refractivity contribution in [2.24, 2.45) is 0 Å². The zero-order chi connectivity index (χ0) is 12.3. The number of anilines is 1. The van der Waals surface area contributed by atoms with Crippen molar-refractivity contribution in [1.29, 1.82) is 0 Å². The molecular formula is C11H9F2N3O. The van der Waals surface area contributed by atoms with Gasteiger partial charge in [0.25, 0.3) is 5.88 Å². The Kier molecular flexibility index (Phi) is 3.13. The molecule has 2 aromatic rings. The first-order chi connectivity index (χ1) is 8.20. The maximum absolute atomic E-state index is 13.3. The zero-order valence-electron chi connectivity index (χ0n) is 8.95. The fourth-order valence-electron chi connectivity index (χ4n) is 1.23. The van der Waals surface area contributed by atoms with Crippen LogP contribution in [0.15, 0.2) is 30.6 Å². The third kappa shape index (κ3) is 2.47. The van der Waals surface area contributed by atoms with Crippen LogP contribution in [-0.4, -0.2) is 17.0 Å². The van der Waals surface area contributed by atoms with E-state index in [1.807, 2.05) is 0 Å². The minimum atomic E-state index is -0.794. The molecule has 4 nitrogen and oxygen atoms in total. The maximum Gasteiger partial charge on any atom is 0.263 e. The predicted molar refractivity (Wildman–Crippen MR) is 58.0 cm³/mol. The van der Waals surface area contributed by atoms with Crippen LogP contribution in [0.25, 0.3) is 0 Å². The molecule has 0 saturated carbocycles. The molecule has 88 valence electrons. The highest BCUT2D eigenvalue weighted by molar-refractivity contribution is 5.46. The minimum absolute atomic E-state index is 0.108. The highest BCUT2D eigenvalue weighted by Gasteiger charge is 2.10. The van der Waals surface area contributed by atoms with Gasteiger partial charge in [-0.2, -0.15) is 0 Å². The predicted octanol–water partition coefficient (Wildman–Crippen LogP) is 2.59. The van der Waals surface area contributed by atoms with E-state index in [0.29, 0.717) is 5.82 Å². The molecule has 0 spiro atoms. The first-order valence-electron chi connectivity index (χ1n) is 4.82. The molecule has 1 heterocycles. The molecule has 0 fully saturated rings. The van der Waals surface area contributed by atoms with Crippen molar-refractivity contribution < 1.29 is 13.5 Å². The minimum Gasteiger partial charge on any atom is -0.433 e. The van der Waals surface area contributed by atoms with Gasteiger partial charge in [0, 0.05) is 25.5 Å². The van der Waals surface area contributed by atoms with E-state index in [-0.39, 0.29) is 11.6 Å². The molecular weight excluding hydrogens is 228 g/mol. The Morgan fingerprint density at radius 1 is 1.18 bits per heavy atom. The Bertz CT molecular complexity index is 534. The molecule has 1 aromatic heterocycles.